The molecule has 0 aliphatic carbocycles. The molecule has 2 rings (SSSR count). The van der Waals surface area contributed by atoms with Crippen molar-refractivity contribution in [2.24, 2.45) is 5.92 Å². The fourth-order valence-corrected chi connectivity index (χ4v) is 2.95. The molecule has 1 atom stereocenters. The number of nitrogens with zero attached hydrogens (tertiary/aromatic N) is 4. The molecule has 0 radical (unpaired) electrons. The second-order valence-electron chi connectivity index (χ2n) is 6.85. The van der Waals surface area contributed by atoms with E-state index >= 15 is 0 Å². The monoisotopic (exact) mass is 333 g/mol. The number of carbonyl (C=O) groups is 1. The van der Waals surface area contributed by atoms with E-state index < -0.39 is 0 Å². The van der Waals surface area contributed by atoms with Crippen molar-refractivity contribution in [1.82, 2.24) is 20.1 Å². The predicted octanol–water partition coefficient (Wildman–Crippen LogP) is 1.15. The summed E-state index contributed by atoms with van der Waals surface area (Å²) in [4.78, 5) is 23.4. The van der Waals surface area contributed by atoms with E-state index in [9.17, 15) is 4.79 Å². The molecule has 1 saturated heterocycles. The minimum absolute atomic E-state index is 0.0459. The molecule has 1 aromatic heterocycles. The molecule has 6 heteroatoms. The number of pyridine rings is 1. The first-order valence-electron chi connectivity index (χ1n) is 8.86. The zero-order valence-corrected chi connectivity index (χ0v) is 15.5. The topological polar surface area (TPSA) is 51.7 Å². The average Bonchev–Trinajstić information content (AvgIpc) is 2.60. The molecule has 134 valence electrons. The number of hydrogen-bond acceptors (Lipinski definition) is 5. The Labute approximate surface area is 145 Å². The van der Waals surface area contributed by atoms with Gasteiger partial charge in [0.05, 0.1) is 5.56 Å². The van der Waals surface area contributed by atoms with E-state index in [0.717, 1.165) is 45.1 Å². The summed E-state index contributed by atoms with van der Waals surface area (Å²) < 4.78 is 0. The van der Waals surface area contributed by atoms with Crippen LogP contribution in [0.5, 0.6) is 0 Å². The zero-order chi connectivity index (χ0) is 17.5. The molecule has 1 fully saturated rings. The van der Waals surface area contributed by atoms with Gasteiger partial charge in [-0.3, -0.25) is 4.79 Å². The average molecular weight is 333 g/mol. The smallest absolute Gasteiger partial charge is 0.252 e. The quantitative estimate of drug-likeness (QED) is 0.811. The maximum absolute atomic E-state index is 12.2. The molecule has 1 aliphatic rings. The number of aromatic nitrogens is 1. The highest BCUT2D eigenvalue weighted by Gasteiger charge is 2.17. The van der Waals surface area contributed by atoms with Crippen molar-refractivity contribution in [3.63, 3.8) is 0 Å². The van der Waals surface area contributed by atoms with E-state index in [1.54, 1.807) is 6.20 Å². The van der Waals surface area contributed by atoms with E-state index in [1.165, 1.54) is 0 Å². The summed E-state index contributed by atoms with van der Waals surface area (Å²) in [5, 5.41) is 3.03. The SMILES string of the molecule is CCN1CCN(CC(C)CNC(=O)c2ccc(N(C)C)nc2)CC1. The Morgan fingerprint density at radius 2 is 1.92 bits per heavy atom. The van der Waals surface area contributed by atoms with Crippen LogP contribution in [0.4, 0.5) is 5.82 Å². The van der Waals surface area contributed by atoms with Gasteiger partial charge in [0.25, 0.3) is 5.91 Å². The molecule has 6 nitrogen and oxygen atoms in total. The molecule has 0 saturated carbocycles. The maximum Gasteiger partial charge on any atom is 0.252 e. The van der Waals surface area contributed by atoms with Crippen molar-refractivity contribution < 1.29 is 4.79 Å². The molecule has 1 N–H and O–H groups in total. The van der Waals surface area contributed by atoms with Crippen LogP contribution in [0, 0.1) is 5.92 Å². The van der Waals surface area contributed by atoms with Crippen molar-refractivity contribution in [2.45, 2.75) is 13.8 Å². The van der Waals surface area contributed by atoms with Gasteiger partial charge in [-0.25, -0.2) is 4.98 Å². The summed E-state index contributed by atoms with van der Waals surface area (Å²) in [7, 11) is 3.87. The van der Waals surface area contributed by atoms with Crippen LogP contribution in [0.1, 0.15) is 24.2 Å². The molecule has 24 heavy (non-hydrogen) atoms. The molecule has 0 aromatic carbocycles. The van der Waals surface area contributed by atoms with E-state index in [2.05, 4.69) is 33.9 Å². The maximum atomic E-state index is 12.2. The highest BCUT2D eigenvalue weighted by atomic mass is 16.1. The number of hydrogen-bond donors (Lipinski definition) is 1. The third kappa shape index (κ3) is 5.46. The highest BCUT2D eigenvalue weighted by molar-refractivity contribution is 5.94. The second kappa shape index (κ2) is 8.99. The lowest BCUT2D eigenvalue weighted by molar-refractivity contribution is 0.0933. The molecule has 1 amide bonds. The van der Waals surface area contributed by atoms with Gasteiger partial charge in [-0.15, -0.1) is 0 Å². The molecular weight excluding hydrogens is 302 g/mol. The highest BCUT2D eigenvalue weighted by Crippen LogP contribution is 2.08. The lowest BCUT2D eigenvalue weighted by Crippen LogP contribution is -2.48. The molecular formula is C18H31N5O. The minimum Gasteiger partial charge on any atom is -0.363 e. The van der Waals surface area contributed by atoms with Crippen LogP contribution in [0.3, 0.4) is 0 Å². The van der Waals surface area contributed by atoms with E-state index in [1.807, 2.05) is 31.1 Å². The normalized spacial score (nSPS) is 17.5. The van der Waals surface area contributed by atoms with Gasteiger partial charge in [0.1, 0.15) is 5.82 Å². The van der Waals surface area contributed by atoms with E-state index in [-0.39, 0.29) is 5.91 Å². The summed E-state index contributed by atoms with van der Waals surface area (Å²) >= 11 is 0. The summed E-state index contributed by atoms with van der Waals surface area (Å²) in [5.74, 6) is 1.25. The molecule has 1 unspecified atom stereocenters. The Kier molecular flexibility index (Phi) is 6.99. The third-order valence-electron chi connectivity index (χ3n) is 4.56. The number of anilines is 1. The number of amides is 1. The Morgan fingerprint density at radius 1 is 1.25 bits per heavy atom. The summed E-state index contributed by atoms with van der Waals surface area (Å²) in [6, 6.07) is 3.69. The van der Waals surface area contributed by atoms with Crippen molar-refractivity contribution in [3.8, 4) is 0 Å². The Morgan fingerprint density at radius 3 is 2.46 bits per heavy atom. The zero-order valence-electron chi connectivity index (χ0n) is 15.5. The Hall–Kier alpha value is -1.66. The van der Waals surface area contributed by atoms with Gasteiger partial charge < -0.3 is 20.0 Å². The minimum atomic E-state index is -0.0459. The first-order chi connectivity index (χ1) is 11.5. The summed E-state index contributed by atoms with van der Waals surface area (Å²) in [5.41, 5.74) is 0.615. The van der Waals surface area contributed by atoms with Gasteiger partial charge in [-0.1, -0.05) is 13.8 Å². The Balaban J connectivity index is 1.73. The first-order valence-corrected chi connectivity index (χ1v) is 8.86. The largest absolute Gasteiger partial charge is 0.363 e. The Bertz CT molecular complexity index is 509. The van der Waals surface area contributed by atoms with E-state index in [0.29, 0.717) is 18.0 Å². The van der Waals surface area contributed by atoms with Gasteiger partial charge in [0, 0.05) is 59.6 Å². The summed E-state index contributed by atoms with van der Waals surface area (Å²) in [6.45, 7) is 11.8. The summed E-state index contributed by atoms with van der Waals surface area (Å²) in [6.07, 6.45) is 1.64. The molecule has 1 aromatic rings. The van der Waals surface area contributed by atoms with Crippen molar-refractivity contribution in [3.05, 3.63) is 23.9 Å². The number of carbonyl (C=O) groups excluding carboxylic acids is 1. The number of nitrogens with one attached hydrogen (secondary N) is 1. The van der Waals surface area contributed by atoms with Gasteiger partial charge >= 0.3 is 0 Å². The number of likely N-dealkylation sites (N-methyl/N-ethyl adjacent to an activating group) is 1. The van der Waals surface area contributed by atoms with Crippen molar-refractivity contribution in [2.75, 3.05) is 64.8 Å². The van der Waals surface area contributed by atoms with Crippen LogP contribution >= 0.6 is 0 Å². The lowest BCUT2D eigenvalue weighted by Gasteiger charge is -2.35. The lowest BCUT2D eigenvalue weighted by atomic mass is 10.1. The third-order valence-corrected chi connectivity index (χ3v) is 4.56. The molecule has 0 spiro atoms. The fourth-order valence-electron chi connectivity index (χ4n) is 2.95. The number of rotatable bonds is 7. The molecule has 0 bridgehead atoms. The molecule has 1 aliphatic heterocycles. The standard InChI is InChI=1S/C18H31N5O/c1-5-22-8-10-23(11-9-22)14-15(2)12-20-18(24)16-6-7-17(19-13-16)21(3)4/h6-7,13,15H,5,8-12,14H2,1-4H3,(H,20,24). The number of piperazine rings is 1. The first kappa shape index (κ1) is 18.7. The van der Waals surface area contributed by atoms with Crippen molar-refractivity contribution in [1.29, 1.82) is 0 Å². The van der Waals surface area contributed by atoms with Crippen LogP contribution in [-0.4, -0.2) is 80.6 Å². The van der Waals surface area contributed by atoms with Crippen LogP contribution in [0.15, 0.2) is 18.3 Å². The second-order valence-corrected chi connectivity index (χ2v) is 6.85. The predicted molar refractivity (Wildman–Crippen MR) is 98.6 cm³/mol. The van der Waals surface area contributed by atoms with Gasteiger partial charge in [0.15, 0.2) is 0 Å². The molecule has 2 heterocycles. The van der Waals surface area contributed by atoms with Gasteiger partial charge in [-0.05, 0) is 24.6 Å². The van der Waals surface area contributed by atoms with Crippen LogP contribution in [0.2, 0.25) is 0 Å². The van der Waals surface area contributed by atoms with Crippen molar-refractivity contribution >= 4 is 11.7 Å². The fraction of sp³-hybridized carbons (Fsp3) is 0.667. The van der Waals surface area contributed by atoms with Crippen LogP contribution < -0.4 is 10.2 Å². The van der Waals surface area contributed by atoms with Gasteiger partial charge in [0.2, 0.25) is 0 Å². The van der Waals surface area contributed by atoms with E-state index in [4.69, 9.17) is 0 Å². The van der Waals surface area contributed by atoms with Crippen LogP contribution in [-0.2, 0) is 0 Å². The van der Waals surface area contributed by atoms with Gasteiger partial charge in [-0.2, -0.15) is 0 Å². The van der Waals surface area contributed by atoms with Crippen LogP contribution in [0.25, 0.3) is 0 Å².